The second-order valence-corrected chi connectivity index (χ2v) is 3.67. The van der Waals surface area contributed by atoms with E-state index >= 15 is 0 Å². The molecule has 14 heavy (non-hydrogen) atoms. The fourth-order valence-electron chi connectivity index (χ4n) is 1.70. The van der Waals surface area contributed by atoms with E-state index in [9.17, 15) is 0 Å². The van der Waals surface area contributed by atoms with Gasteiger partial charge >= 0.3 is 0 Å². The minimum Gasteiger partial charge on any atom is -0.323 e. The molecule has 0 saturated carbocycles. The van der Waals surface area contributed by atoms with Crippen LogP contribution in [0.4, 0.5) is 0 Å². The zero-order chi connectivity index (χ0) is 10.1. The number of pyridine rings is 1. The van der Waals surface area contributed by atoms with Crippen molar-refractivity contribution in [2.75, 3.05) is 0 Å². The molecule has 0 amide bonds. The summed E-state index contributed by atoms with van der Waals surface area (Å²) >= 11 is 0. The zero-order valence-corrected chi connectivity index (χ0v) is 8.49. The van der Waals surface area contributed by atoms with Crippen molar-refractivity contribution in [2.24, 2.45) is 5.73 Å². The van der Waals surface area contributed by atoms with Crippen LogP contribution in [-0.4, -0.2) is 4.98 Å². The summed E-state index contributed by atoms with van der Waals surface area (Å²) in [7, 11) is 0. The van der Waals surface area contributed by atoms with Crippen molar-refractivity contribution in [1.82, 2.24) is 4.98 Å². The maximum Gasteiger partial charge on any atom is 0.0706 e. The van der Waals surface area contributed by atoms with Crippen LogP contribution in [-0.2, 0) is 0 Å². The lowest BCUT2D eigenvalue weighted by molar-refractivity contribution is 0.778. The Bertz CT molecular complexity index is 461. The number of benzene rings is 1. The molecular weight excluding hydrogens is 172 g/mol. The minimum atomic E-state index is -0.000365. The third kappa shape index (κ3) is 1.49. The third-order valence-corrected chi connectivity index (χ3v) is 2.38. The average molecular weight is 186 g/mol. The molecule has 2 N–H and O–H groups in total. The first kappa shape index (κ1) is 9.16. The van der Waals surface area contributed by atoms with Gasteiger partial charge in [-0.25, -0.2) is 0 Å². The highest BCUT2D eigenvalue weighted by Crippen LogP contribution is 2.19. The number of aryl methyl sites for hydroxylation is 1. The molecular formula is C12H14N2. The minimum absolute atomic E-state index is 0.000365. The average Bonchev–Trinajstić information content (AvgIpc) is 2.16. The molecule has 0 fully saturated rings. The fraction of sp³-hybridized carbons (Fsp3) is 0.250. The van der Waals surface area contributed by atoms with Crippen LogP contribution in [0.1, 0.15) is 24.2 Å². The number of rotatable bonds is 1. The molecule has 1 heterocycles. The Morgan fingerprint density at radius 1 is 1.29 bits per heavy atom. The van der Waals surface area contributed by atoms with E-state index in [-0.39, 0.29) is 6.04 Å². The molecule has 1 unspecified atom stereocenters. The molecule has 1 aromatic heterocycles. The number of aromatic nitrogens is 1. The summed E-state index contributed by atoms with van der Waals surface area (Å²) in [4.78, 5) is 4.55. The number of fused-ring (bicyclic) bond motifs is 1. The Balaban J connectivity index is 2.71. The molecule has 0 radical (unpaired) electrons. The number of hydrogen-bond donors (Lipinski definition) is 1. The first-order valence-corrected chi connectivity index (χ1v) is 4.80. The van der Waals surface area contributed by atoms with Gasteiger partial charge in [0.15, 0.2) is 0 Å². The molecule has 72 valence electrons. The van der Waals surface area contributed by atoms with E-state index in [2.05, 4.69) is 24.0 Å². The van der Waals surface area contributed by atoms with Crippen LogP contribution < -0.4 is 5.73 Å². The molecule has 2 aromatic rings. The molecule has 2 rings (SSSR count). The van der Waals surface area contributed by atoms with Crippen LogP contribution in [0.15, 0.2) is 30.3 Å². The normalized spacial score (nSPS) is 13.1. The quantitative estimate of drug-likeness (QED) is 0.743. The second kappa shape index (κ2) is 3.39. The maximum atomic E-state index is 5.84. The monoisotopic (exact) mass is 186 g/mol. The van der Waals surface area contributed by atoms with Gasteiger partial charge in [-0.1, -0.05) is 18.2 Å². The van der Waals surface area contributed by atoms with Crippen LogP contribution in [0, 0.1) is 6.92 Å². The van der Waals surface area contributed by atoms with Crippen molar-refractivity contribution in [1.29, 1.82) is 0 Å². The lowest BCUT2D eigenvalue weighted by Crippen LogP contribution is -2.09. The molecule has 0 bridgehead atoms. The van der Waals surface area contributed by atoms with E-state index in [4.69, 9.17) is 5.73 Å². The molecule has 2 nitrogen and oxygen atoms in total. The lowest BCUT2D eigenvalue weighted by atomic mass is 10.1. The van der Waals surface area contributed by atoms with Crippen molar-refractivity contribution < 1.29 is 0 Å². The Kier molecular flexibility index (Phi) is 2.22. The zero-order valence-electron chi connectivity index (χ0n) is 8.49. The number of hydrogen-bond acceptors (Lipinski definition) is 2. The van der Waals surface area contributed by atoms with Gasteiger partial charge in [0.05, 0.1) is 11.2 Å². The van der Waals surface area contributed by atoms with Gasteiger partial charge in [-0.05, 0) is 31.5 Å². The summed E-state index contributed by atoms with van der Waals surface area (Å²) in [5, 5.41) is 1.18. The van der Waals surface area contributed by atoms with E-state index in [1.807, 2.05) is 25.1 Å². The van der Waals surface area contributed by atoms with E-state index < -0.39 is 0 Å². The molecule has 2 heteroatoms. The van der Waals surface area contributed by atoms with Crippen LogP contribution >= 0.6 is 0 Å². The number of nitrogens with zero attached hydrogens (tertiary/aromatic N) is 1. The van der Waals surface area contributed by atoms with Crippen molar-refractivity contribution >= 4 is 10.9 Å². The highest BCUT2D eigenvalue weighted by Gasteiger charge is 2.06. The van der Waals surface area contributed by atoms with Crippen molar-refractivity contribution in [3.8, 4) is 0 Å². The second-order valence-electron chi connectivity index (χ2n) is 3.67. The SMILES string of the molecule is Cc1cc2ccccc2nc1C(C)N. The Labute approximate surface area is 83.8 Å². The van der Waals surface area contributed by atoms with Crippen molar-refractivity contribution in [3.63, 3.8) is 0 Å². The predicted molar refractivity (Wildman–Crippen MR) is 59.1 cm³/mol. The fourth-order valence-corrected chi connectivity index (χ4v) is 1.70. The van der Waals surface area contributed by atoms with Crippen LogP contribution in [0.5, 0.6) is 0 Å². The molecule has 0 aliphatic heterocycles. The molecule has 0 spiro atoms. The summed E-state index contributed by atoms with van der Waals surface area (Å²) in [6, 6.07) is 10.2. The molecule has 0 aliphatic rings. The Morgan fingerprint density at radius 2 is 2.00 bits per heavy atom. The third-order valence-electron chi connectivity index (χ3n) is 2.38. The van der Waals surface area contributed by atoms with Gasteiger partial charge < -0.3 is 5.73 Å². The van der Waals surface area contributed by atoms with Crippen LogP contribution in [0.3, 0.4) is 0 Å². The summed E-state index contributed by atoms with van der Waals surface area (Å²) in [5.74, 6) is 0. The van der Waals surface area contributed by atoms with Gasteiger partial charge in [-0.2, -0.15) is 0 Å². The van der Waals surface area contributed by atoms with E-state index in [0.717, 1.165) is 11.2 Å². The highest BCUT2D eigenvalue weighted by molar-refractivity contribution is 5.79. The maximum absolute atomic E-state index is 5.84. The number of nitrogens with two attached hydrogens (primary N) is 1. The topological polar surface area (TPSA) is 38.9 Å². The first-order chi connectivity index (χ1) is 6.68. The Hall–Kier alpha value is -1.41. The lowest BCUT2D eigenvalue weighted by Gasteiger charge is -2.09. The van der Waals surface area contributed by atoms with Gasteiger partial charge in [-0.15, -0.1) is 0 Å². The van der Waals surface area contributed by atoms with E-state index in [0.29, 0.717) is 0 Å². The van der Waals surface area contributed by atoms with Crippen molar-refractivity contribution in [3.05, 3.63) is 41.6 Å². The summed E-state index contributed by atoms with van der Waals surface area (Å²) < 4.78 is 0. The van der Waals surface area contributed by atoms with Gasteiger partial charge in [-0.3, -0.25) is 4.98 Å². The van der Waals surface area contributed by atoms with Gasteiger partial charge in [0, 0.05) is 11.4 Å². The van der Waals surface area contributed by atoms with Crippen molar-refractivity contribution in [2.45, 2.75) is 19.9 Å². The molecule has 1 atom stereocenters. The summed E-state index contributed by atoms with van der Waals surface area (Å²) in [5.41, 5.74) is 9.02. The largest absolute Gasteiger partial charge is 0.323 e. The van der Waals surface area contributed by atoms with E-state index in [1.165, 1.54) is 10.9 Å². The molecule has 1 aromatic carbocycles. The van der Waals surface area contributed by atoms with Gasteiger partial charge in [0.2, 0.25) is 0 Å². The van der Waals surface area contributed by atoms with E-state index in [1.54, 1.807) is 0 Å². The van der Waals surface area contributed by atoms with Gasteiger partial charge in [0.1, 0.15) is 0 Å². The molecule has 0 saturated heterocycles. The highest BCUT2D eigenvalue weighted by atomic mass is 14.8. The molecule has 0 aliphatic carbocycles. The van der Waals surface area contributed by atoms with Crippen LogP contribution in [0.25, 0.3) is 10.9 Å². The number of para-hydroxylation sites is 1. The first-order valence-electron chi connectivity index (χ1n) is 4.80. The smallest absolute Gasteiger partial charge is 0.0706 e. The Morgan fingerprint density at radius 3 is 2.71 bits per heavy atom. The summed E-state index contributed by atoms with van der Waals surface area (Å²) in [6.45, 7) is 4.02. The van der Waals surface area contributed by atoms with Crippen LogP contribution in [0.2, 0.25) is 0 Å². The predicted octanol–water partition coefficient (Wildman–Crippen LogP) is 2.56. The standard InChI is InChI=1S/C12H14N2/c1-8-7-10-5-3-4-6-11(10)14-12(8)9(2)13/h3-7,9H,13H2,1-2H3. The van der Waals surface area contributed by atoms with Gasteiger partial charge in [0.25, 0.3) is 0 Å². The summed E-state index contributed by atoms with van der Waals surface area (Å²) in [6.07, 6.45) is 0.